The third-order valence-corrected chi connectivity index (χ3v) is 2.91. The molecule has 1 unspecified atom stereocenters. The number of carbonyl (C=O) groups excluding carboxylic acids is 1. The zero-order valence-corrected chi connectivity index (χ0v) is 11.0. The van der Waals surface area contributed by atoms with E-state index >= 15 is 0 Å². The molecule has 0 aliphatic rings. The molecule has 2 aromatic rings. The highest BCUT2D eigenvalue weighted by molar-refractivity contribution is 5.76. The van der Waals surface area contributed by atoms with Crippen molar-refractivity contribution in [3.8, 4) is 11.4 Å². The summed E-state index contributed by atoms with van der Waals surface area (Å²) in [6.07, 6.45) is -4.21. The quantitative estimate of drug-likeness (QED) is 0.940. The maximum Gasteiger partial charge on any atom is 0.471 e. The van der Waals surface area contributed by atoms with Crippen molar-refractivity contribution >= 4 is 5.91 Å². The minimum Gasteiger partial charge on any atom is -0.369 e. The minimum atomic E-state index is -4.66. The van der Waals surface area contributed by atoms with E-state index in [0.29, 0.717) is 12.0 Å². The van der Waals surface area contributed by atoms with Crippen LogP contribution in [0.2, 0.25) is 0 Å². The second-order valence-corrected chi connectivity index (χ2v) is 4.63. The molecular formula is C13H12F3N3O2. The number of hydrogen-bond acceptors (Lipinski definition) is 4. The average molecular weight is 299 g/mol. The molecule has 1 atom stereocenters. The van der Waals surface area contributed by atoms with Crippen molar-refractivity contribution in [3.05, 3.63) is 35.7 Å². The summed E-state index contributed by atoms with van der Waals surface area (Å²) in [7, 11) is 0. The van der Waals surface area contributed by atoms with Crippen molar-refractivity contribution in [3.63, 3.8) is 0 Å². The van der Waals surface area contributed by atoms with E-state index in [2.05, 4.69) is 14.7 Å². The Kier molecular flexibility index (Phi) is 3.97. The van der Waals surface area contributed by atoms with Crippen molar-refractivity contribution in [2.45, 2.75) is 19.5 Å². The number of benzene rings is 1. The van der Waals surface area contributed by atoms with Crippen LogP contribution in [0.5, 0.6) is 0 Å². The molecule has 21 heavy (non-hydrogen) atoms. The molecule has 0 saturated heterocycles. The maximum atomic E-state index is 12.4. The third-order valence-electron chi connectivity index (χ3n) is 2.91. The molecule has 2 rings (SSSR count). The number of nitrogens with zero attached hydrogens (tertiary/aromatic N) is 2. The van der Waals surface area contributed by atoms with Crippen molar-refractivity contribution < 1.29 is 22.5 Å². The van der Waals surface area contributed by atoms with Crippen LogP contribution in [0.3, 0.4) is 0 Å². The van der Waals surface area contributed by atoms with Gasteiger partial charge in [0.15, 0.2) is 0 Å². The number of halogens is 3. The average Bonchev–Trinajstić information content (AvgIpc) is 2.89. The Balaban J connectivity index is 2.15. The molecule has 1 aromatic heterocycles. The van der Waals surface area contributed by atoms with Crippen LogP contribution in [-0.4, -0.2) is 16.0 Å². The Morgan fingerprint density at radius 1 is 1.33 bits per heavy atom. The molecule has 0 spiro atoms. The van der Waals surface area contributed by atoms with E-state index in [-0.39, 0.29) is 11.7 Å². The molecular weight excluding hydrogens is 287 g/mol. The molecule has 8 heteroatoms. The summed E-state index contributed by atoms with van der Waals surface area (Å²) in [5, 5.41) is 3.29. The van der Waals surface area contributed by atoms with Crippen LogP contribution in [0.4, 0.5) is 13.2 Å². The Morgan fingerprint density at radius 3 is 2.43 bits per heavy atom. The summed E-state index contributed by atoms with van der Waals surface area (Å²) in [4.78, 5) is 14.3. The smallest absolute Gasteiger partial charge is 0.369 e. The number of hydrogen-bond donors (Lipinski definition) is 1. The van der Waals surface area contributed by atoms with E-state index in [1.54, 1.807) is 31.2 Å². The van der Waals surface area contributed by atoms with E-state index in [1.807, 2.05) is 0 Å². The summed E-state index contributed by atoms with van der Waals surface area (Å²) in [6, 6.07) is 6.49. The predicted molar refractivity (Wildman–Crippen MR) is 66.8 cm³/mol. The summed E-state index contributed by atoms with van der Waals surface area (Å²) < 4.78 is 41.2. The molecule has 0 aliphatic heterocycles. The molecule has 0 fully saturated rings. The van der Waals surface area contributed by atoms with E-state index in [4.69, 9.17) is 5.73 Å². The number of rotatable bonds is 4. The van der Waals surface area contributed by atoms with Crippen LogP contribution in [0, 0.1) is 5.92 Å². The largest absolute Gasteiger partial charge is 0.471 e. The lowest BCUT2D eigenvalue weighted by Gasteiger charge is -2.07. The van der Waals surface area contributed by atoms with Gasteiger partial charge in [-0.2, -0.15) is 18.2 Å². The maximum absolute atomic E-state index is 12.4. The van der Waals surface area contributed by atoms with Crippen LogP contribution in [0.15, 0.2) is 28.8 Å². The standard InChI is InChI=1S/C13H12F3N3O2/c1-7(10(17)20)6-8-2-4-9(5-3-8)11-18-12(21-19-11)13(14,15)16/h2-5,7H,6H2,1H3,(H2,17,20). The predicted octanol–water partition coefficient (Wildman–Crippen LogP) is 2.42. The van der Waals surface area contributed by atoms with E-state index < -0.39 is 18.0 Å². The Hall–Kier alpha value is -2.38. The Morgan fingerprint density at radius 2 is 1.95 bits per heavy atom. The fourth-order valence-electron chi connectivity index (χ4n) is 1.70. The lowest BCUT2D eigenvalue weighted by Crippen LogP contribution is -2.22. The first-order valence-electron chi connectivity index (χ1n) is 6.07. The third kappa shape index (κ3) is 3.59. The molecule has 5 nitrogen and oxygen atoms in total. The number of aromatic nitrogens is 2. The zero-order valence-electron chi connectivity index (χ0n) is 11.0. The van der Waals surface area contributed by atoms with E-state index in [1.165, 1.54) is 0 Å². The topological polar surface area (TPSA) is 82.0 Å². The minimum absolute atomic E-state index is 0.142. The highest BCUT2D eigenvalue weighted by Gasteiger charge is 2.38. The second kappa shape index (κ2) is 5.55. The van der Waals surface area contributed by atoms with Gasteiger partial charge in [-0.05, 0) is 12.0 Å². The van der Waals surface area contributed by atoms with Crippen LogP contribution in [0.25, 0.3) is 11.4 Å². The number of alkyl halides is 3. The highest BCUT2D eigenvalue weighted by atomic mass is 19.4. The molecule has 0 aliphatic carbocycles. The van der Waals surface area contributed by atoms with E-state index in [0.717, 1.165) is 5.56 Å². The van der Waals surface area contributed by atoms with Gasteiger partial charge in [-0.1, -0.05) is 36.3 Å². The lowest BCUT2D eigenvalue weighted by atomic mass is 9.99. The summed E-state index contributed by atoms with van der Waals surface area (Å²) >= 11 is 0. The normalized spacial score (nSPS) is 13.1. The van der Waals surface area contributed by atoms with Gasteiger partial charge in [-0.15, -0.1) is 0 Å². The van der Waals surface area contributed by atoms with Crippen LogP contribution in [0.1, 0.15) is 18.4 Å². The molecule has 1 aromatic carbocycles. The summed E-state index contributed by atoms with van der Waals surface area (Å²) in [5.74, 6) is -2.26. The fraction of sp³-hybridized carbons (Fsp3) is 0.308. The lowest BCUT2D eigenvalue weighted by molar-refractivity contribution is -0.159. The van der Waals surface area contributed by atoms with Gasteiger partial charge in [0.25, 0.3) is 0 Å². The van der Waals surface area contributed by atoms with E-state index in [9.17, 15) is 18.0 Å². The molecule has 1 amide bonds. The van der Waals surface area contributed by atoms with Crippen LogP contribution in [-0.2, 0) is 17.4 Å². The van der Waals surface area contributed by atoms with Crippen molar-refractivity contribution in [1.82, 2.24) is 10.1 Å². The van der Waals surface area contributed by atoms with Gasteiger partial charge in [0, 0.05) is 11.5 Å². The highest BCUT2D eigenvalue weighted by Crippen LogP contribution is 2.29. The molecule has 0 radical (unpaired) electrons. The zero-order chi connectivity index (χ0) is 15.6. The van der Waals surface area contributed by atoms with Gasteiger partial charge in [-0.25, -0.2) is 0 Å². The molecule has 0 bridgehead atoms. The first-order valence-corrected chi connectivity index (χ1v) is 6.07. The Bertz CT molecular complexity index is 635. The van der Waals surface area contributed by atoms with Crippen molar-refractivity contribution in [2.24, 2.45) is 11.7 Å². The first-order chi connectivity index (χ1) is 9.77. The first kappa shape index (κ1) is 15.0. The molecule has 2 N–H and O–H groups in total. The van der Waals surface area contributed by atoms with Crippen molar-refractivity contribution in [1.29, 1.82) is 0 Å². The fourth-order valence-corrected chi connectivity index (χ4v) is 1.70. The SMILES string of the molecule is CC(Cc1ccc(-c2noc(C(F)(F)F)n2)cc1)C(N)=O. The number of primary amides is 1. The van der Waals surface area contributed by atoms with Crippen molar-refractivity contribution in [2.75, 3.05) is 0 Å². The van der Waals surface area contributed by atoms with Gasteiger partial charge >= 0.3 is 12.1 Å². The van der Waals surface area contributed by atoms with Crippen LogP contribution < -0.4 is 5.73 Å². The second-order valence-electron chi connectivity index (χ2n) is 4.63. The number of carbonyl (C=O) groups is 1. The molecule has 1 heterocycles. The van der Waals surface area contributed by atoms with Gasteiger partial charge in [0.2, 0.25) is 11.7 Å². The molecule has 0 saturated carbocycles. The van der Waals surface area contributed by atoms with Gasteiger partial charge < -0.3 is 10.3 Å². The summed E-state index contributed by atoms with van der Waals surface area (Å²) in [5.41, 5.74) is 6.40. The number of nitrogens with two attached hydrogens (primary N) is 1. The Labute approximate surface area is 117 Å². The monoisotopic (exact) mass is 299 g/mol. The van der Waals surface area contributed by atoms with Gasteiger partial charge in [0.05, 0.1) is 0 Å². The molecule has 112 valence electrons. The summed E-state index contributed by atoms with van der Waals surface area (Å²) in [6.45, 7) is 1.70. The van der Waals surface area contributed by atoms with Crippen LogP contribution >= 0.6 is 0 Å². The number of amides is 1. The van der Waals surface area contributed by atoms with Gasteiger partial charge in [0.1, 0.15) is 0 Å². The van der Waals surface area contributed by atoms with Gasteiger partial charge in [-0.3, -0.25) is 4.79 Å².